The Balaban J connectivity index is 1.02. The van der Waals surface area contributed by atoms with Crippen LogP contribution in [0.3, 0.4) is 0 Å². The van der Waals surface area contributed by atoms with Crippen molar-refractivity contribution in [3.63, 3.8) is 0 Å². The summed E-state index contributed by atoms with van der Waals surface area (Å²) in [6, 6.07) is 31.5. The molecule has 7 rings (SSSR count). The van der Waals surface area contributed by atoms with Gasteiger partial charge in [0.2, 0.25) is 5.91 Å². The number of nitrogens with zero attached hydrogens (tertiary/aromatic N) is 3. The molecular formula is C39H39F3N4O2S. The molecule has 0 aliphatic carbocycles. The monoisotopic (exact) mass is 684 g/mol. The minimum absolute atomic E-state index is 0.0723. The summed E-state index contributed by atoms with van der Waals surface area (Å²) in [5, 5.41) is 2.25. The first-order valence-corrected chi connectivity index (χ1v) is 17.7. The van der Waals surface area contributed by atoms with E-state index in [1.54, 1.807) is 11.8 Å². The van der Waals surface area contributed by atoms with E-state index < -0.39 is 24.0 Å². The van der Waals surface area contributed by atoms with Gasteiger partial charge in [-0.05, 0) is 72.3 Å². The van der Waals surface area contributed by atoms with Gasteiger partial charge in [0.05, 0.1) is 0 Å². The highest BCUT2D eigenvalue weighted by Crippen LogP contribution is 2.51. The third-order valence-corrected chi connectivity index (χ3v) is 11.1. The van der Waals surface area contributed by atoms with Gasteiger partial charge in [0.15, 0.2) is 0 Å². The van der Waals surface area contributed by atoms with Crippen LogP contribution >= 0.6 is 11.8 Å². The van der Waals surface area contributed by atoms with Gasteiger partial charge in [-0.25, -0.2) is 0 Å². The van der Waals surface area contributed by atoms with Crippen LogP contribution in [0.1, 0.15) is 45.5 Å². The predicted octanol–water partition coefficient (Wildman–Crippen LogP) is 6.92. The van der Waals surface area contributed by atoms with E-state index in [1.807, 2.05) is 89.8 Å². The molecule has 4 aromatic carbocycles. The number of carbonyl (C=O) groups excluding carboxylic acids is 2. The molecule has 2 amide bonds. The van der Waals surface area contributed by atoms with Crippen LogP contribution in [-0.4, -0.2) is 73.6 Å². The molecule has 3 aliphatic rings. The summed E-state index contributed by atoms with van der Waals surface area (Å²) in [6.07, 6.45) is -2.65. The second kappa shape index (κ2) is 13.9. The SMILES string of the molecule is O=C1c2cc(N3CCN(CCCC4(C(=O)NCC(F)(F)F)c5ccccc5Sc5ccccc54)CC3)ccc2CCN1Cc1ccccc1. The number of amides is 2. The third-order valence-electron chi connectivity index (χ3n) is 9.99. The van der Waals surface area contributed by atoms with Crippen molar-refractivity contribution in [2.75, 3.05) is 50.7 Å². The lowest BCUT2D eigenvalue weighted by Crippen LogP contribution is -2.50. The molecule has 1 saturated heterocycles. The first-order chi connectivity index (χ1) is 23.7. The van der Waals surface area contributed by atoms with Crippen LogP contribution in [0.25, 0.3) is 0 Å². The van der Waals surface area contributed by atoms with Crippen molar-refractivity contribution in [2.24, 2.45) is 0 Å². The number of halogens is 3. The van der Waals surface area contributed by atoms with Crippen LogP contribution < -0.4 is 10.2 Å². The normalized spacial score (nSPS) is 17.2. The topological polar surface area (TPSA) is 55.9 Å². The quantitative estimate of drug-likeness (QED) is 0.208. The standard InChI is InChI=1S/C39H39F3N4O2S/c40-39(41,42)27-43-37(48)38(32-11-4-6-13-34(32)49-35-14-7-5-12-33(35)38)18-8-19-44-21-23-45(24-22-44)30-16-15-29-17-20-46(36(47)31(29)25-30)26-28-9-2-1-3-10-28/h1-7,9-16,25H,8,17-24,26-27H2,(H,43,48). The minimum Gasteiger partial charge on any atom is -0.369 e. The van der Waals surface area contributed by atoms with E-state index in [-0.39, 0.29) is 5.91 Å². The molecule has 0 radical (unpaired) electrons. The maximum absolute atomic E-state index is 13.9. The van der Waals surface area contributed by atoms with Gasteiger partial charge >= 0.3 is 6.18 Å². The van der Waals surface area contributed by atoms with Gasteiger partial charge < -0.3 is 15.1 Å². The van der Waals surface area contributed by atoms with Gasteiger partial charge in [0, 0.05) is 60.3 Å². The number of benzene rings is 4. The molecule has 1 N–H and O–H groups in total. The summed E-state index contributed by atoms with van der Waals surface area (Å²) in [6.45, 7) is 3.86. The van der Waals surface area contributed by atoms with Crippen molar-refractivity contribution in [1.82, 2.24) is 15.1 Å². The second-order valence-electron chi connectivity index (χ2n) is 13.0. The van der Waals surface area contributed by atoms with Crippen molar-refractivity contribution in [3.8, 4) is 0 Å². The Bertz CT molecular complexity index is 1780. The molecule has 10 heteroatoms. The number of carbonyl (C=O) groups is 2. The van der Waals surface area contributed by atoms with E-state index in [9.17, 15) is 22.8 Å². The average molecular weight is 685 g/mol. The van der Waals surface area contributed by atoms with E-state index in [0.717, 1.165) is 82.4 Å². The van der Waals surface area contributed by atoms with Crippen molar-refractivity contribution in [3.05, 3.63) is 125 Å². The van der Waals surface area contributed by atoms with Crippen LogP contribution in [0.2, 0.25) is 0 Å². The summed E-state index contributed by atoms with van der Waals surface area (Å²) in [5.41, 5.74) is 4.32. The van der Waals surface area contributed by atoms with Crippen LogP contribution in [-0.2, 0) is 23.2 Å². The maximum Gasteiger partial charge on any atom is 0.405 e. The lowest BCUT2D eigenvalue weighted by molar-refractivity contribution is -0.141. The minimum atomic E-state index is -4.51. The maximum atomic E-state index is 13.9. The van der Waals surface area contributed by atoms with E-state index >= 15 is 0 Å². The number of hydrogen-bond acceptors (Lipinski definition) is 5. The molecule has 4 aromatic rings. The Hall–Kier alpha value is -4.28. The largest absolute Gasteiger partial charge is 0.405 e. The molecule has 254 valence electrons. The average Bonchev–Trinajstić information content (AvgIpc) is 3.12. The Morgan fingerprint density at radius 1 is 0.816 bits per heavy atom. The fraction of sp³-hybridized carbons (Fsp3) is 0.333. The summed E-state index contributed by atoms with van der Waals surface area (Å²) >= 11 is 1.55. The lowest BCUT2D eigenvalue weighted by Gasteiger charge is -2.40. The molecule has 0 unspecified atom stereocenters. The first-order valence-electron chi connectivity index (χ1n) is 16.9. The number of rotatable bonds is 9. The van der Waals surface area contributed by atoms with Crippen LogP contribution in [0, 0.1) is 0 Å². The molecule has 3 aliphatic heterocycles. The Morgan fingerprint density at radius 2 is 1.47 bits per heavy atom. The molecule has 0 bridgehead atoms. The Kier molecular flexibility index (Phi) is 9.44. The van der Waals surface area contributed by atoms with Gasteiger partial charge in [-0.1, -0.05) is 84.6 Å². The zero-order valence-electron chi connectivity index (χ0n) is 27.2. The molecular weight excluding hydrogens is 646 g/mol. The third kappa shape index (κ3) is 6.94. The summed E-state index contributed by atoms with van der Waals surface area (Å²) in [5.74, 6) is -0.540. The second-order valence-corrected chi connectivity index (χ2v) is 14.1. The molecule has 3 heterocycles. The molecule has 0 aromatic heterocycles. The number of piperazine rings is 1. The zero-order valence-corrected chi connectivity index (χ0v) is 28.0. The van der Waals surface area contributed by atoms with Gasteiger partial charge in [0.25, 0.3) is 5.91 Å². The summed E-state index contributed by atoms with van der Waals surface area (Å²) < 4.78 is 39.9. The van der Waals surface area contributed by atoms with Crippen molar-refractivity contribution >= 4 is 29.3 Å². The van der Waals surface area contributed by atoms with E-state index in [0.29, 0.717) is 25.9 Å². The van der Waals surface area contributed by atoms with Gasteiger partial charge in [-0.15, -0.1) is 0 Å². The molecule has 0 saturated carbocycles. The van der Waals surface area contributed by atoms with Crippen molar-refractivity contribution in [2.45, 2.75) is 47.2 Å². The van der Waals surface area contributed by atoms with E-state index in [2.05, 4.69) is 27.2 Å². The van der Waals surface area contributed by atoms with E-state index in [4.69, 9.17) is 0 Å². The number of fused-ring (bicyclic) bond motifs is 3. The molecule has 0 atom stereocenters. The molecule has 1 fully saturated rings. The predicted molar refractivity (Wildman–Crippen MR) is 186 cm³/mol. The number of hydrogen-bond donors (Lipinski definition) is 1. The molecule has 0 spiro atoms. The van der Waals surface area contributed by atoms with Gasteiger partial charge in [0.1, 0.15) is 12.0 Å². The van der Waals surface area contributed by atoms with Crippen molar-refractivity contribution in [1.29, 1.82) is 0 Å². The molecule has 6 nitrogen and oxygen atoms in total. The highest BCUT2D eigenvalue weighted by molar-refractivity contribution is 7.99. The number of nitrogens with one attached hydrogen (secondary N) is 1. The number of anilines is 1. The number of alkyl halides is 3. The fourth-order valence-electron chi connectivity index (χ4n) is 7.50. The van der Waals surface area contributed by atoms with Gasteiger partial charge in [-0.3, -0.25) is 14.5 Å². The Morgan fingerprint density at radius 3 is 2.14 bits per heavy atom. The zero-order chi connectivity index (χ0) is 34.0. The molecule has 49 heavy (non-hydrogen) atoms. The van der Waals surface area contributed by atoms with Crippen LogP contribution in [0.5, 0.6) is 0 Å². The lowest BCUT2D eigenvalue weighted by atomic mass is 9.70. The Labute approximate surface area is 289 Å². The first kappa shape index (κ1) is 33.2. The summed E-state index contributed by atoms with van der Waals surface area (Å²) in [4.78, 5) is 35.8. The fourth-order valence-corrected chi connectivity index (χ4v) is 8.73. The van der Waals surface area contributed by atoms with Gasteiger partial charge in [-0.2, -0.15) is 13.2 Å². The van der Waals surface area contributed by atoms with E-state index in [1.165, 1.54) is 0 Å². The van der Waals surface area contributed by atoms with Crippen molar-refractivity contribution < 1.29 is 22.8 Å². The highest BCUT2D eigenvalue weighted by atomic mass is 32.2. The van der Waals surface area contributed by atoms with Crippen LogP contribution in [0.4, 0.5) is 18.9 Å². The summed E-state index contributed by atoms with van der Waals surface area (Å²) in [7, 11) is 0. The smallest absolute Gasteiger partial charge is 0.369 e. The van der Waals surface area contributed by atoms with Crippen LogP contribution in [0.15, 0.2) is 107 Å². The highest BCUT2D eigenvalue weighted by Gasteiger charge is 2.47.